The Labute approximate surface area is 115 Å². The van der Waals surface area contributed by atoms with Gasteiger partial charge in [-0.1, -0.05) is 13.3 Å². The van der Waals surface area contributed by atoms with Crippen LogP contribution in [-0.2, 0) is 0 Å². The smallest absolute Gasteiger partial charge is 0.170 e. The van der Waals surface area contributed by atoms with Gasteiger partial charge in [0, 0.05) is 17.0 Å². The molecule has 0 bridgehead atoms. The summed E-state index contributed by atoms with van der Waals surface area (Å²) in [6, 6.07) is 3.85. The van der Waals surface area contributed by atoms with Crippen molar-refractivity contribution in [3.05, 3.63) is 28.8 Å². The molecule has 0 saturated heterocycles. The first-order chi connectivity index (χ1) is 8.90. The summed E-state index contributed by atoms with van der Waals surface area (Å²) >= 11 is 0. The van der Waals surface area contributed by atoms with Gasteiger partial charge in [-0.25, -0.2) is 0 Å². The molecule has 3 heteroatoms. The zero-order valence-electron chi connectivity index (χ0n) is 12.2. The summed E-state index contributed by atoms with van der Waals surface area (Å²) in [5.74, 6) is 1.01. The zero-order chi connectivity index (χ0) is 14.2. The van der Waals surface area contributed by atoms with E-state index in [0.717, 1.165) is 41.7 Å². The number of carbonyl (C=O) groups is 1. The third-order valence-corrected chi connectivity index (χ3v) is 4.53. The Morgan fingerprint density at radius 3 is 2.58 bits per heavy atom. The van der Waals surface area contributed by atoms with Gasteiger partial charge < -0.3 is 10.5 Å². The Bertz CT molecular complexity index is 510. The molecule has 0 aliphatic heterocycles. The van der Waals surface area contributed by atoms with Crippen LogP contribution in [0.25, 0.3) is 0 Å². The molecule has 104 valence electrons. The molecule has 1 aliphatic carbocycles. The highest BCUT2D eigenvalue weighted by molar-refractivity contribution is 6.02. The van der Waals surface area contributed by atoms with Crippen LogP contribution < -0.4 is 10.5 Å². The molecule has 2 atom stereocenters. The van der Waals surface area contributed by atoms with Crippen molar-refractivity contribution in [2.24, 2.45) is 11.1 Å². The number of hydrogen-bond acceptors (Lipinski definition) is 3. The van der Waals surface area contributed by atoms with E-state index in [1.807, 2.05) is 32.9 Å². The molecule has 0 amide bonds. The second kappa shape index (κ2) is 4.97. The number of ether oxygens (including phenoxy) is 1. The van der Waals surface area contributed by atoms with Gasteiger partial charge in [0.25, 0.3) is 0 Å². The molecule has 1 fully saturated rings. The molecular weight excluding hydrogens is 238 g/mol. The molecule has 19 heavy (non-hydrogen) atoms. The maximum absolute atomic E-state index is 12.8. The molecule has 2 rings (SSSR count). The van der Waals surface area contributed by atoms with Crippen molar-refractivity contribution < 1.29 is 9.53 Å². The number of aryl methyl sites for hydroxylation is 2. The largest absolute Gasteiger partial charge is 0.496 e. The van der Waals surface area contributed by atoms with Crippen molar-refractivity contribution in [3.63, 3.8) is 0 Å². The molecular formula is C16H23NO2. The van der Waals surface area contributed by atoms with Gasteiger partial charge in [-0.05, 0) is 49.9 Å². The van der Waals surface area contributed by atoms with E-state index in [1.54, 1.807) is 7.11 Å². The molecule has 0 heterocycles. The number of hydrogen-bond donors (Lipinski definition) is 1. The minimum atomic E-state index is -0.411. The van der Waals surface area contributed by atoms with Crippen LogP contribution in [0.15, 0.2) is 12.1 Å². The highest BCUT2D eigenvalue weighted by atomic mass is 16.5. The van der Waals surface area contributed by atoms with Gasteiger partial charge in [0.2, 0.25) is 0 Å². The molecule has 1 aromatic carbocycles. The fourth-order valence-electron chi connectivity index (χ4n) is 3.04. The Morgan fingerprint density at radius 1 is 1.37 bits per heavy atom. The molecule has 0 spiro atoms. The third kappa shape index (κ3) is 2.27. The minimum Gasteiger partial charge on any atom is -0.496 e. The summed E-state index contributed by atoms with van der Waals surface area (Å²) in [6.07, 6.45) is 2.87. The van der Waals surface area contributed by atoms with Crippen LogP contribution in [0.2, 0.25) is 0 Å². The maximum atomic E-state index is 12.8. The van der Waals surface area contributed by atoms with Gasteiger partial charge in [-0.3, -0.25) is 4.79 Å². The first kappa shape index (κ1) is 14.1. The fourth-order valence-corrected chi connectivity index (χ4v) is 3.04. The molecule has 1 aromatic rings. The lowest BCUT2D eigenvalue weighted by Gasteiger charge is -2.28. The van der Waals surface area contributed by atoms with Gasteiger partial charge in [0.1, 0.15) is 5.75 Å². The number of methoxy groups -OCH3 is 1. The van der Waals surface area contributed by atoms with E-state index < -0.39 is 5.41 Å². The van der Waals surface area contributed by atoms with Crippen molar-refractivity contribution in [2.75, 3.05) is 7.11 Å². The summed E-state index contributed by atoms with van der Waals surface area (Å²) in [4.78, 5) is 12.8. The van der Waals surface area contributed by atoms with E-state index in [1.165, 1.54) is 0 Å². The van der Waals surface area contributed by atoms with Gasteiger partial charge >= 0.3 is 0 Å². The standard InChI is InChI=1S/C16H23NO2/c1-10-9-13(19-4)11(2)8-12(10)15(18)16(3)7-5-6-14(16)17/h8-9,14H,5-7,17H2,1-4H3. The number of rotatable bonds is 3. The average molecular weight is 261 g/mol. The Kier molecular flexibility index (Phi) is 3.68. The SMILES string of the molecule is COc1cc(C)c(C(=O)C2(C)CCCC2N)cc1C. The first-order valence-corrected chi connectivity index (χ1v) is 6.86. The van der Waals surface area contributed by atoms with Gasteiger partial charge in [0.05, 0.1) is 7.11 Å². The predicted octanol–water partition coefficient (Wildman–Crippen LogP) is 3.01. The molecule has 0 aromatic heterocycles. The van der Waals surface area contributed by atoms with E-state index in [2.05, 4.69) is 0 Å². The maximum Gasteiger partial charge on any atom is 0.170 e. The van der Waals surface area contributed by atoms with Crippen LogP contribution in [0.4, 0.5) is 0 Å². The first-order valence-electron chi connectivity index (χ1n) is 6.86. The Hall–Kier alpha value is -1.35. The molecule has 1 aliphatic rings. The minimum absolute atomic E-state index is 0.0261. The zero-order valence-corrected chi connectivity index (χ0v) is 12.2. The lowest BCUT2D eigenvalue weighted by Crippen LogP contribution is -2.41. The average Bonchev–Trinajstić information content (AvgIpc) is 2.72. The molecule has 1 saturated carbocycles. The van der Waals surface area contributed by atoms with E-state index >= 15 is 0 Å². The van der Waals surface area contributed by atoms with Crippen LogP contribution >= 0.6 is 0 Å². The molecule has 2 unspecified atom stereocenters. The second-order valence-electron chi connectivity index (χ2n) is 5.88. The summed E-state index contributed by atoms with van der Waals surface area (Å²) in [5.41, 5.74) is 8.49. The lowest BCUT2D eigenvalue weighted by molar-refractivity contribution is 0.0802. The van der Waals surface area contributed by atoms with Crippen LogP contribution in [-0.4, -0.2) is 18.9 Å². The number of carbonyl (C=O) groups excluding carboxylic acids is 1. The normalized spacial score (nSPS) is 26.5. The summed E-state index contributed by atoms with van der Waals surface area (Å²) in [6.45, 7) is 5.93. The number of nitrogens with two attached hydrogens (primary N) is 1. The van der Waals surface area contributed by atoms with E-state index in [9.17, 15) is 4.79 Å². The van der Waals surface area contributed by atoms with E-state index in [-0.39, 0.29) is 11.8 Å². The number of ketones is 1. The number of benzene rings is 1. The Morgan fingerprint density at radius 2 is 2.05 bits per heavy atom. The summed E-state index contributed by atoms with van der Waals surface area (Å²) < 4.78 is 5.30. The molecule has 0 radical (unpaired) electrons. The Balaban J connectivity index is 2.42. The monoisotopic (exact) mass is 261 g/mol. The predicted molar refractivity (Wildman–Crippen MR) is 76.7 cm³/mol. The third-order valence-electron chi connectivity index (χ3n) is 4.53. The topological polar surface area (TPSA) is 52.3 Å². The highest BCUT2D eigenvalue weighted by Gasteiger charge is 2.43. The van der Waals surface area contributed by atoms with Crippen molar-refractivity contribution in [3.8, 4) is 5.75 Å². The fraction of sp³-hybridized carbons (Fsp3) is 0.562. The van der Waals surface area contributed by atoms with E-state index in [0.29, 0.717) is 0 Å². The van der Waals surface area contributed by atoms with Gasteiger partial charge in [0.15, 0.2) is 5.78 Å². The second-order valence-corrected chi connectivity index (χ2v) is 5.88. The highest BCUT2D eigenvalue weighted by Crippen LogP contribution is 2.40. The van der Waals surface area contributed by atoms with Crippen molar-refractivity contribution in [1.82, 2.24) is 0 Å². The molecule has 3 nitrogen and oxygen atoms in total. The number of Topliss-reactive ketones (excluding diaryl/α,β-unsaturated/α-hetero) is 1. The van der Waals surface area contributed by atoms with Crippen molar-refractivity contribution in [1.29, 1.82) is 0 Å². The summed E-state index contributed by atoms with van der Waals surface area (Å²) in [7, 11) is 1.65. The van der Waals surface area contributed by atoms with Crippen LogP contribution in [0, 0.1) is 19.3 Å². The van der Waals surface area contributed by atoms with E-state index in [4.69, 9.17) is 10.5 Å². The van der Waals surface area contributed by atoms with Gasteiger partial charge in [-0.15, -0.1) is 0 Å². The van der Waals surface area contributed by atoms with Crippen LogP contribution in [0.5, 0.6) is 5.75 Å². The van der Waals surface area contributed by atoms with Crippen molar-refractivity contribution >= 4 is 5.78 Å². The summed E-state index contributed by atoms with van der Waals surface area (Å²) in [5, 5.41) is 0. The molecule has 2 N–H and O–H groups in total. The lowest BCUT2D eigenvalue weighted by atomic mass is 9.77. The quantitative estimate of drug-likeness (QED) is 0.851. The van der Waals surface area contributed by atoms with Gasteiger partial charge in [-0.2, -0.15) is 0 Å². The van der Waals surface area contributed by atoms with Crippen LogP contribution in [0.1, 0.15) is 47.7 Å². The van der Waals surface area contributed by atoms with Crippen molar-refractivity contribution in [2.45, 2.75) is 46.1 Å². The van der Waals surface area contributed by atoms with Crippen LogP contribution in [0.3, 0.4) is 0 Å².